The Bertz CT molecular complexity index is 1440. The van der Waals surface area contributed by atoms with Crippen LogP contribution in [0.1, 0.15) is 30.9 Å². The maximum absolute atomic E-state index is 13.9. The quantitative estimate of drug-likeness (QED) is 0.419. The highest BCUT2D eigenvalue weighted by Crippen LogP contribution is 2.35. The summed E-state index contributed by atoms with van der Waals surface area (Å²) in [6.07, 6.45) is 4.52. The second-order valence-corrected chi connectivity index (χ2v) is 9.55. The minimum atomic E-state index is -0.506. The molecule has 0 unspecified atom stereocenters. The van der Waals surface area contributed by atoms with Crippen molar-refractivity contribution in [2.24, 2.45) is 0 Å². The zero-order valence-electron chi connectivity index (χ0n) is 20.3. The molecule has 3 aromatic heterocycles. The van der Waals surface area contributed by atoms with E-state index in [1.54, 1.807) is 18.3 Å². The molecule has 0 bridgehead atoms. The van der Waals surface area contributed by atoms with Crippen LogP contribution in [0.15, 0.2) is 60.8 Å². The lowest BCUT2D eigenvalue weighted by Gasteiger charge is -2.26. The third kappa shape index (κ3) is 4.60. The summed E-state index contributed by atoms with van der Waals surface area (Å²) >= 11 is 0. The van der Waals surface area contributed by atoms with E-state index in [2.05, 4.69) is 20.1 Å². The number of aliphatic hydroxyl groups excluding tert-OH is 1. The fourth-order valence-corrected chi connectivity index (χ4v) is 5.39. The molecule has 37 heavy (non-hydrogen) atoms. The molecule has 2 N–H and O–H groups in total. The summed E-state index contributed by atoms with van der Waals surface area (Å²) in [7, 11) is 0. The Kier molecular flexibility index (Phi) is 6.17. The summed E-state index contributed by atoms with van der Waals surface area (Å²) in [5.41, 5.74) is 3.21. The van der Waals surface area contributed by atoms with Crippen LogP contribution in [0.5, 0.6) is 0 Å². The van der Waals surface area contributed by atoms with Crippen LogP contribution >= 0.6 is 0 Å². The summed E-state index contributed by atoms with van der Waals surface area (Å²) in [5.74, 6) is 1.04. The van der Waals surface area contributed by atoms with Gasteiger partial charge in [0.15, 0.2) is 5.65 Å². The molecule has 1 amide bonds. The number of fused-ring (bicyclic) bond motifs is 1. The molecule has 9 nitrogen and oxygen atoms in total. The van der Waals surface area contributed by atoms with E-state index in [0.717, 1.165) is 66.6 Å². The molecule has 6 rings (SSSR count). The van der Waals surface area contributed by atoms with E-state index in [9.17, 15) is 9.18 Å². The average molecular weight is 502 g/mol. The number of halogens is 1. The van der Waals surface area contributed by atoms with Crippen molar-refractivity contribution in [3.05, 3.63) is 72.2 Å². The second kappa shape index (κ2) is 9.78. The maximum atomic E-state index is 13.9. The van der Waals surface area contributed by atoms with Gasteiger partial charge in [-0.2, -0.15) is 0 Å². The maximum Gasteiger partial charge on any atom is 0.245 e. The smallest absolute Gasteiger partial charge is 0.245 e. The SMILES string of the molecule is O=C(CO)N[C@@H]1CCN(c2cccc(-c3cnc4ccc(N5CCC[C@@H]5c5cccc(F)c5)nn34)n2)C1. The van der Waals surface area contributed by atoms with Crippen LogP contribution in [0.4, 0.5) is 16.0 Å². The highest BCUT2D eigenvalue weighted by Gasteiger charge is 2.28. The Morgan fingerprint density at radius 1 is 1.08 bits per heavy atom. The van der Waals surface area contributed by atoms with Crippen molar-refractivity contribution in [3.8, 4) is 11.4 Å². The minimum Gasteiger partial charge on any atom is -0.387 e. The Balaban J connectivity index is 1.28. The van der Waals surface area contributed by atoms with Crippen molar-refractivity contribution >= 4 is 23.2 Å². The zero-order valence-corrected chi connectivity index (χ0v) is 20.3. The largest absolute Gasteiger partial charge is 0.387 e. The van der Waals surface area contributed by atoms with Gasteiger partial charge in [0, 0.05) is 25.7 Å². The highest BCUT2D eigenvalue weighted by molar-refractivity contribution is 5.77. The lowest BCUT2D eigenvalue weighted by atomic mass is 10.0. The molecule has 0 saturated carbocycles. The van der Waals surface area contributed by atoms with Gasteiger partial charge in [0.2, 0.25) is 5.91 Å². The number of nitrogens with zero attached hydrogens (tertiary/aromatic N) is 6. The topological polar surface area (TPSA) is 98.9 Å². The third-order valence-corrected chi connectivity index (χ3v) is 7.15. The van der Waals surface area contributed by atoms with Crippen molar-refractivity contribution in [3.63, 3.8) is 0 Å². The zero-order chi connectivity index (χ0) is 25.4. The number of aromatic nitrogens is 4. The molecule has 10 heteroatoms. The van der Waals surface area contributed by atoms with Gasteiger partial charge in [0.05, 0.1) is 17.9 Å². The summed E-state index contributed by atoms with van der Waals surface area (Å²) in [6.45, 7) is 1.74. The van der Waals surface area contributed by atoms with Gasteiger partial charge in [0.25, 0.3) is 0 Å². The Morgan fingerprint density at radius 3 is 2.84 bits per heavy atom. The second-order valence-electron chi connectivity index (χ2n) is 9.55. The summed E-state index contributed by atoms with van der Waals surface area (Å²) in [6, 6.07) is 16.6. The van der Waals surface area contributed by atoms with Crippen LogP contribution in [0.2, 0.25) is 0 Å². The number of nitrogens with one attached hydrogen (secondary N) is 1. The number of amides is 1. The molecule has 0 spiro atoms. The van der Waals surface area contributed by atoms with Gasteiger partial charge < -0.3 is 20.2 Å². The van der Waals surface area contributed by atoms with Crippen LogP contribution < -0.4 is 15.1 Å². The average Bonchev–Trinajstić information content (AvgIpc) is 3.68. The molecule has 2 aliphatic rings. The van der Waals surface area contributed by atoms with E-state index < -0.39 is 6.61 Å². The van der Waals surface area contributed by atoms with Crippen molar-refractivity contribution in [1.82, 2.24) is 24.9 Å². The van der Waals surface area contributed by atoms with Gasteiger partial charge in [-0.15, -0.1) is 5.10 Å². The summed E-state index contributed by atoms with van der Waals surface area (Å²) in [5, 5.41) is 16.8. The van der Waals surface area contributed by atoms with E-state index in [-0.39, 0.29) is 23.8 Å². The van der Waals surface area contributed by atoms with Gasteiger partial charge >= 0.3 is 0 Å². The Labute approximate surface area is 213 Å². The van der Waals surface area contributed by atoms with Gasteiger partial charge in [0.1, 0.15) is 29.8 Å². The Morgan fingerprint density at radius 2 is 1.97 bits per heavy atom. The predicted molar refractivity (Wildman–Crippen MR) is 138 cm³/mol. The first kappa shape index (κ1) is 23.4. The number of rotatable bonds is 6. The first-order valence-corrected chi connectivity index (χ1v) is 12.6. The fraction of sp³-hybridized carbons (Fsp3) is 0.333. The number of benzene rings is 1. The van der Waals surface area contributed by atoms with Gasteiger partial charge in [-0.1, -0.05) is 18.2 Å². The summed E-state index contributed by atoms with van der Waals surface area (Å²) < 4.78 is 15.7. The molecular weight excluding hydrogens is 473 g/mol. The van der Waals surface area contributed by atoms with E-state index >= 15 is 0 Å². The number of pyridine rings is 1. The molecule has 2 aliphatic heterocycles. The van der Waals surface area contributed by atoms with Crippen LogP contribution in [0.25, 0.3) is 17.0 Å². The highest BCUT2D eigenvalue weighted by atomic mass is 19.1. The molecule has 190 valence electrons. The number of carbonyl (C=O) groups excluding carboxylic acids is 1. The van der Waals surface area contributed by atoms with Crippen molar-refractivity contribution in [1.29, 1.82) is 0 Å². The molecule has 2 saturated heterocycles. The van der Waals surface area contributed by atoms with E-state index in [1.165, 1.54) is 6.07 Å². The third-order valence-electron chi connectivity index (χ3n) is 7.15. The minimum absolute atomic E-state index is 0.0170. The molecule has 2 fully saturated rings. The van der Waals surface area contributed by atoms with Crippen LogP contribution in [-0.2, 0) is 4.79 Å². The molecule has 1 aromatic carbocycles. The van der Waals surface area contributed by atoms with Crippen molar-refractivity contribution < 1.29 is 14.3 Å². The van der Waals surface area contributed by atoms with E-state index in [0.29, 0.717) is 6.54 Å². The number of carbonyl (C=O) groups is 1. The molecule has 4 aromatic rings. The lowest BCUT2D eigenvalue weighted by Crippen LogP contribution is -2.38. The molecule has 0 radical (unpaired) electrons. The number of aliphatic hydroxyl groups is 1. The van der Waals surface area contributed by atoms with Crippen molar-refractivity contribution in [2.45, 2.75) is 31.3 Å². The van der Waals surface area contributed by atoms with E-state index in [4.69, 9.17) is 15.2 Å². The van der Waals surface area contributed by atoms with Gasteiger partial charge in [-0.25, -0.2) is 18.9 Å². The summed E-state index contributed by atoms with van der Waals surface area (Å²) in [4.78, 5) is 25.3. The molecule has 5 heterocycles. The fourth-order valence-electron chi connectivity index (χ4n) is 5.39. The lowest BCUT2D eigenvalue weighted by molar-refractivity contribution is -0.124. The predicted octanol–water partition coefficient (Wildman–Crippen LogP) is 2.96. The number of imidazole rings is 1. The molecular formula is C27H28FN7O2. The van der Waals surface area contributed by atoms with E-state index in [1.807, 2.05) is 40.9 Å². The van der Waals surface area contributed by atoms with Crippen LogP contribution in [-0.4, -0.2) is 62.9 Å². The first-order valence-electron chi connectivity index (χ1n) is 12.6. The van der Waals surface area contributed by atoms with Crippen molar-refractivity contribution in [2.75, 3.05) is 36.0 Å². The standard InChI is InChI=1S/C27H28FN7O2/c28-19-5-1-4-18(14-19)22-7-3-12-34(22)26-10-9-24-29-15-23(35(24)32-26)21-6-2-8-25(31-21)33-13-11-20(16-33)30-27(37)17-36/h1-2,4-6,8-10,14-15,20,22,36H,3,7,11-13,16-17H2,(H,30,37)/t20-,22-/m1/s1. The normalized spacial score (nSPS) is 19.6. The number of hydrogen-bond donors (Lipinski definition) is 2. The number of anilines is 2. The Hall–Kier alpha value is -4.05. The number of hydrogen-bond acceptors (Lipinski definition) is 7. The van der Waals surface area contributed by atoms with Gasteiger partial charge in [-0.3, -0.25) is 4.79 Å². The monoisotopic (exact) mass is 501 g/mol. The molecule has 0 aliphatic carbocycles. The van der Waals surface area contributed by atoms with Crippen LogP contribution in [0.3, 0.4) is 0 Å². The van der Waals surface area contributed by atoms with Crippen LogP contribution in [0, 0.1) is 5.82 Å². The van der Waals surface area contributed by atoms with Gasteiger partial charge in [-0.05, 0) is 61.2 Å². The first-order chi connectivity index (χ1) is 18.1. The molecule has 2 atom stereocenters.